The van der Waals surface area contributed by atoms with E-state index >= 15 is 0 Å². The van der Waals surface area contributed by atoms with Crippen LogP contribution in [0.25, 0.3) is 10.9 Å². The van der Waals surface area contributed by atoms with Crippen molar-refractivity contribution < 1.29 is 5.11 Å². The van der Waals surface area contributed by atoms with Gasteiger partial charge in [-0.2, -0.15) is 5.10 Å². The average Bonchev–Trinajstić information content (AvgIpc) is 2.88. The van der Waals surface area contributed by atoms with Gasteiger partial charge in [-0.3, -0.25) is 15.1 Å². The monoisotopic (exact) mass is 341 g/mol. The number of nitrogens with two attached hydrogens (primary N) is 1. The summed E-state index contributed by atoms with van der Waals surface area (Å²) in [6.45, 7) is 7.78. The Balaban J connectivity index is 2.17. The van der Waals surface area contributed by atoms with Crippen LogP contribution in [0.4, 0.5) is 0 Å². The number of hydrogen-bond donors (Lipinski definition) is 3. The van der Waals surface area contributed by atoms with Crippen molar-refractivity contribution in [1.29, 1.82) is 5.41 Å². The van der Waals surface area contributed by atoms with E-state index in [2.05, 4.69) is 4.98 Å². The van der Waals surface area contributed by atoms with Gasteiger partial charge >= 0.3 is 0 Å². The standard InChI is InChI=1S/C19H27N5O/c1-5-13(20)16(21)14-9-12-15(10-22-14)24(11-7-6-8-11)23-17(12)18(25)19(2,3)4/h5,9-11,18,21,25H,6-8,20H2,1-4H3/b13-5+,21-16?. The van der Waals surface area contributed by atoms with Crippen LogP contribution >= 0.6 is 0 Å². The van der Waals surface area contributed by atoms with Gasteiger partial charge in [-0.1, -0.05) is 26.8 Å². The van der Waals surface area contributed by atoms with E-state index in [9.17, 15) is 5.11 Å². The Bertz CT molecular complexity index is 839. The highest BCUT2D eigenvalue weighted by Gasteiger charge is 2.31. The van der Waals surface area contributed by atoms with Crippen molar-refractivity contribution in [2.75, 3.05) is 0 Å². The molecule has 6 nitrogen and oxygen atoms in total. The molecule has 1 unspecified atom stereocenters. The van der Waals surface area contributed by atoms with Crippen LogP contribution < -0.4 is 5.73 Å². The third kappa shape index (κ3) is 3.06. The predicted octanol–water partition coefficient (Wildman–Crippen LogP) is 3.47. The molecule has 0 bridgehead atoms. The minimum atomic E-state index is -0.695. The van der Waals surface area contributed by atoms with Gasteiger partial charge in [-0.25, -0.2) is 0 Å². The van der Waals surface area contributed by atoms with Crippen molar-refractivity contribution in [2.24, 2.45) is 11.1 Å². The zero-order valence-corrected chi connectivity index (χ0v) is 15.4. The van der Waals surface area contributed by atoms with E-state index in [0.29, 0.717) is 23.1 Å². The predicted molar refractivity (Wildman–Crippen MR) is 99.6 cm³/mol. The topological polar surface area (TPSA) is 101 Å². The van der Waals surface area contributed by atoms with E-state index in [4.69, 9.17) is 16.2 Å². The van der Waals surface area contributed by atoms with Crippen molar-refractivity contribution >= 4 is 16.6 Å². The zero-order valence-electron chi connectivity index (χ0n) is 15.4. The van der Waals surface area contributed by atoms with Crippen LogP contribution in [-0.2, 0) is 0 Å². The summed E-state index contributed by atoms with van der Waals surface area (Å²) < 4.78 is 2.00. The second-order valence-corrected chi connectivity index (χ2v) is 7.89. The fourth-order valence-electron chi connectivity index (χ4n) is 3.01. The molecule has 1 fully saturated rings. The van der Waals surface area contributed by atoms with Crippen molar-refractivity contribution in [2.45, 2.75) is 59.1 Å². The number of fused-ring (bicyclic) bond motifs is 1. The number of pyridine rings is 1. The molecule has 3 rings (SSSR count). The first kappa shape index (κ1) is 17.6. The van der Waals surface area contributed by atoms with Crippen LogP contribution in [0.3, 0.4) is 0 Å². The van der Waals surface area contributed by atoms with Crippen molar-refractivity contribution in [1.82, 2.24) is 14.8 Å². The van der Waals surface area contributed by atoms with Crippen LogP contribution in [0.2, 0.25) is 0 Å². The summed E-state index contributed by atoms with van der Waals surface area (Å²) >= 11 is 0. The van der Waals surface area contributed by atoms with E-state index in [-0.39, 0.29) is 11.1 Å². The van der Waals surface area contributed by atoms with Gasteiger partial charge < -0.3 is 10.8 Å². The van der Waals surface area contributed by atoms with Gasteiger partial charge in [0.05, 0.1) is 34.8 Å². The highest BCUT2D eigenvalue weighted by atomic mass is 16.3. The largest absolute Gasteiger partial charge is 0.397 e. The Morgan fingerprint density at radius 2 is 2.12 bits per heavy atom. The summed E-state index contributed by atoms with van der Waals surface area (Å²) in [6.07, 6.45) is 6.16. The van der Waals surface area contributed by atoms with Gasteiger partial charge in [0, 0.05) is 5.39 Å². The van der Waals surface area contributed by atoms with Crippen molar-refractivity contribution in [3.8, 4) is 0 Å². The Morgan fingerprint density at radius 1 is 1.44 bits per heavy atom. The molecular formula is C19H27N5O. The average molecular weight is 341 g/mol. The number of hydrogen-bond acceptors (Lipinski definition) is 5. The van der Waals surface area contributed by atoms with Gasteiger partial charge in [0.2, 0.25) is 0 Å². The molecule has 134 valence electrons. The number of allylic oxidation sites excluding steroid dienone is 2. The van der Waals surface area contributed by atoms with Crippen LogP contribution in [-0.4, -0.2) is 25.6 Å². The number of aromatic nitrogens is 3. The van der Waals surface area contributed by atoms with E-state index < -0.39 is 6.10 Å². The molecular weight excluding hydrogens is 314 g/mol. The molecule has 1 aliphatic carbocycles. The normalized spacial score (nSPS) is 17.6. The number of aliphatic hydroxyl groups is 1. The molecule has 0 radical (unpaired) electrons. The van der Waals surface area contributed by atoms with Crippen molar-refractivity contribution in [3.05, 3.63) is 35.4 Å². The smallest absolute Gasteiger partial charge is 0.103 e. The molecule has 0 aromatic carbocycles. The maximum atomic E-state index is 10.8. The van der Waals surface area contributed by atoms with Crippen LogP contribution in [0.1, 0.15) is 70.5 Å². The molecule has 6 heteroatoms. The molecule has 0 aliphatic heterocycles. The molecule has 0 amide bonds. The lowest BCUT2D eigenvalue weighted by Gasteiger charge is -2.27. The molecule has 1 atom stereocenters. The second-order valence-electron chi connectivity index (χ2n) is 7.89. The number of aliphatic hydroxyl groups excluding tert-OH is 1. The summed E-state index contributed by atoms with van der Waals surface area (Å²) in [5.41, 5.74) is 8.19. The number of nitrogens with one attached hydrogen (secondary N) is 1. The molecule has 2 heterocycles. The molecule has 2 aromatic rings. The quantitative estimate of drug-likeness (QED) is 0.741. The highest BCUT2D eigenvalue weighted by Crippen LogP contribution is 2.39. The summed E-state index contributed by atoms with van der Waals surface area (Å²) in [5, 5.41) is 24.7. The third-order valence-corrected chi connectivity index (χ3v) is 4.98. The summed E-state index contributed by atoms with van der Waals surface area (Å²) in [5.74, 6) is 0. The fraction of sp³-hybridized carbons (Fsp3) is 0.526. The maximum Gasteiger partial charge on any atom is 0.103 e. The van der Waals surface area contributed by atoms with Crippen molar-refractivity contribution in [3.63, 3.8) is 0 Å². The first-order valence-electron chi connectivity index (χ1n) is 8.81. The minimum absolute atomic E-state index is 0.192. The SMILES string of the molecule is C/C=C(/N)C(=N)c1cc2c(C(O)C(C)(C)C)nn(C3CCC3)c2cn1. The summed E-state index contributed by atoms with van der Waals surface area (Å²) in [4.78, 5) is 4.42. The zero-order chi connectivity index (χ0) is 18.4. The molecule has 25 heavy (non-hydrogen) atoms. The van der Waals surface area contributed by atoms with E-state index in [1.165, 1.54) is 6.42 Å². The van der Waals surface area contributed by atoms with E-state index in [1.54, 1.807) is 19.2 Å². The van der Waals surface area contributed by atoms with E-state index in [0.717, 1.165) is 23.7 Å². The molecule has 0 spiro atoms. The van der Waals surface area contributed by atoms with Gasteiger partial charge in [-0.15, -0.1) is 0 Å². The molecule has 2 aromatic heterocycles. The lowest BCUT2D eigenvalue weighted by Crippen LogP contribution is -2.21. The highest BCUT2D eigenvalue weighted by molar-refractivity contribution is 6.10. The first-order valence-corrected chi connectivity index (χ1v) is 8.81. The Labute approximate surface area is 148 Å². The Kier molecular flexibility index (Phi) is 4.41. The molecule has 0 saturated heterocycles. The fourth-order valence-corrected chi connectivity index (χ4v) is 3.01. The van der Waals surface area contributed by atoms with Gasteiger partial charge in [-0.05, 0) is 37.7 Å². The minimum Gasteiger partial charge on any atom is -0.397 e. The van der Waals surface area contributed by atoms with Gasteiger partial charge in [0.1, 0.15) is 11.8 Å². The lowest BCUT2D eigenvalue weighted by molar-refractivity contribution is 0.0589. The van der Waals surface area contributed by atoms with Crippen LogP contribution in [0.5, 0.6) is 0 Å². The summed E-state index contributed by atoms with van der Waals surface area (Å²) in [7, 11) is 0. The summed E-state index contributed by atoms with van der Waals surface area (Å²) in [6, 6.07) is 2.21. The Hall–Kier alpha value is -2.21. The van der Waals surface area contributed by atoms with Crippen LogP contribution in [0, 0.1) is 10.8 Å². The second kappa shape index (κ2) is 6.26. The Morgan fingerprint density at radius 3 is 2.64 bits per heavy atom. The van der Waals surface area contributed by atoms with E-state index in [1.807, 2.05) is 31.5 Å². The first-order chi connectivity index (χ1) is 11.7. The molecule has 1 saturated carbocycles. The molecule has 4 N–H and O–H groups in total. The maximum absolute atomic E-state index is 10.8. The molecule has 1 aliphatic rings. The number of rotatable bonds is 4. The van der Waals surface area contributed by atoms with Gasteiger partial charge in [0.15, 0.2) is 0 Å². The van der Waals surface area contributed by atoms with Gasteiger partial charge in [0.25, 0.3) is 0 Å². The van der Waals surface area contributed by atoms with Crippen LogP contribution in [0.15, 0.2) is 24.0 Å². The number of nitrogens with zero attached hydrogens (tertiary/aromatic N) is 3. The lowest BCUT2D eigenvalue weighted by atomic mass is 9.86. The third-order valence-electron chi connectivity index (χ3n) is 4.98.